The maximum Gasteiger partial charge on any atom is 0.223 e. The number of carbonyl (C=O) groups excluding carboxylic acids is 1. The second-order valence-corrected chi connectivity index (χ2v) is 8.41. The van der Waals surface area contributed by atoms with Gasteiger partial charge >= 0.3 is 0 Å². The van der Waals surface area contributed by atoms with Gasteiger partial charge < -0.3 is 19.9 Å². The van der Waals surface area contributed by atoms with E-state index in [1.165, 1.54) is 11.4 Å². The highest BCUT2D eigenvalue weighted by Crippen LogP contribution is 2.59. The van der Waals surface area contributed by atoms with Crippen LogP contribution in [0.2, 0.25) is 0 Å². The summed E-state index contributed by atoms with van der Waals surface area (Å²) in [6.45, 7) is 3.68. The Hall–Kier alpha value is -1.75. The minimum absolute atomic E-state index is 0.239. The zero-order valence-corrected chi connectivity index (χ0v) is 16.0. The Labute approximate surface area is 156 Å². The van der Waals surface area contributed by atoms with Crippen LogP contribution in [0.3, 0.4) is 0 Å². The number of piperidine rings is 1. The Morgan fingerprint density at radius 3 is 2.42 bits per heavy atom. The fourth-order valence-electron chi connectivity index (χ4n) is 4.59. The van der Waals surface area contributed by atoms with Crippen molar-refractivity contribution in [3.63, 3.8) is 0 Å². The van der Waals surface area contributed by atoms with Gasteiger partial charge in [-0.25, -0.2) is 0 Å². The summed E-state index contributed by atoms with van der Waals surface area (Å²) < 4.78 is 5.46. The number of nitrogens with one attached hydrogen (secondary N) is 1. The van der Waals surface area contributed by atoms with Crippen LogP contribution in [-0.4, -0.2) is 52.3 Å². The van der Waals surface area contributed by atoms with Crippen LogP contribution in [0.15, 0.2) is 24.3 Å². The minimum Gasteiger partial charge on any atom is -0.381 e. The third kappa shape index (κ3) is 3.54. The van der Waals surface area contributed by atoms with Crippen molar-refractivity contribution in [2.75, 3.05) is 50.2 Å². The van der Waals surface area contributed by atoms with Crippen molar-refractivity contribution in [3.05, 3.63) is 24.3 Å². The fraction of sp³-hybridized carbons (Fsp3) is 0.667. The molecule has 1 spiro atoms. The molecule has 1 aromatic rings. The fourth-order valence-corrected chi connectivity index (χ4v) is 4.59. The van der Waals surface area contributed by atoms with E-state index in [-0.39, 0.29) is 11.3 Å². The van der Waals surface area contributed by atoms with Crippen molar-refractivity contribution >= 4 is 17.3 Å². The Morgan fingerprint density at radius 1 is 1.15 bits per heavy atom. The third-order valence-corrected chi connectivity index (χ3v) is 6.57. The van der Waals surface area contributed by atoms with Crippen molar-refractivity contribution in [2.24, 2.45) is 11.3 Å². The van der Waals surface area contributed by atoms with Crippen LogP contribution in [0.5, 0.6) is 0 Å². The van der Waals surface area contributed by atoms with Crippen LogP contribution < -0.4 is 15.1 Å². The Kier molecular flexibility index (Phi) is 4.82. The number of amides is 1. The molecule has 1 aromatic carbocycles. The van der Waals surface area contributed by atoms with Gasteiger partial charge in [-0.15, -0.1) is 0 Å². The van der Waals surface area contributed by atoms with Gasteiger partial charge in [0.1, 0.15) is 0 Å². The molecule has 1 amide bonds. The quantitative estimate of drug-likeness (QED) is 0.900. The molecule has 2 aliphatic heterocycles. The van der Waals surface area contributed by atoms with E-state index in [1.54, 1.807) is 0 Å². The highest BCUT2D eigenvalue weighted by atomic mass is 16.5. The molecule has 1 atom stereocenters. The lowest BCUT2D eigenvalue weighted by atomic mass is 9.93. The van der Waals surface area contributed by atoms with Gasteiger partial charge in [0, 0.05) is 63.7 Å². The van der Waals surface area contributed by atoms with Gasteiger partial charge in [-0.3, -0.25) is 4.79 Å². The molecule has 0 aromatic heterocycles. The maximum absolute atomic E-state index is 12.6. The van der Waals surface area contributed by atoms with Gasteiger partial charge in [-0.05, 0) is 61.8 Å². The van der Waals surface area contributed by atoms with E-state index in [0.717, 1.165) is 58.4 Å². The van der Waals surface area contributed by atoms with E-state index in [4.69, 9.17) is 4.74 Å². The maximum atomic E-state index is 12.6. The SMILES string of the molecule is CN(C)c1ccc(N2CCC(NC(=O)[C@@H]3CC34CCOCC4)CC2)cc1. The summed E-state index contributed by atoms with van der Waals surface area (Å²) in [4.78, 5) is 17.2. The van der Waals surface area contributed by atoms with Gasteiger partial charge in [-0.1, -0.05) is 0 Å². The summed E-state index contributed by atoms with van der Waals surface area (Å²) in [7, 11) is 4.13. The van der Waals surface area contributed by atoms with Gasteiger partial charge in [0.25, 0.3) is 0 Å². The van der Waals surface area contributed by atoms with Crippen LogP contribution in [0.25, 0.3) is 0 Å². The van der Waals surface area contributed by atoms with Crippen molar-refractivity contribution in [3.8, 4) is 0 Å². The van der Waals surface area contributed by atoms with Crippen molar-refractivity contribution in [2.45, 2.75) is 38.1 Å². The molecule has 3 aliphatic rings. The Morgan fingerprint density at radius 2 is 1.81 bits per heavy atom. The molecule has 1 saturated carbocycles. The van der Waals surface area contributed by atoms with Crippen molar-refractivity contribution in [1.82, 2.24) is 5.32 Å². The average Bonchev–Trinajstić information content (AvgIpc) is 3.36. The molecule has 5 heteroatoms. The molecule has 2 heterocycles. The number of rotatable bonds is 4. The molecule has 5 nitrogen and oxygen atoms in total. The number of ether oxygens (including phenoxy) is 1. The van der Waals surface area contributed by atoms with Crippen LogP contribution in [0, 0.1) is 11.3 Å². The van der Waals surface area contributed by atoms with Crippen LogP contribution in [-0.2, 0) is 9.53 Å². The third-order valence-electron chi connectivity index (χ3n) is 6.57. The molecule has 2 saturated heterocycles. The predicted molar refractivity (Wildman–Crippen MR) is 105 cm³/mol. The first kappa shape index (κ1) is 17.7. The number of benzene rings is 1. The molecule has 0 unspecified atom stereocenters. The summed E-state index contributed by atoms with van der Waals surface area (Å²) in [5, 5.41) is 3.34. The van der Waals surface area contributed by atoms with Gasteiger partial charge in [-0.2, -0.15) is 0 Å². The lowest BCUT2D eigenvalue weighted by Gasteiger charge is -2.34. The van der Waals surface area contributed by atoms with Crippen LogP contribution in [0.4, 0.5) is 11.4 Å². The molecule has 1 N–H and O–H groups in total. The summed E-state index contributed by atoms with van der Waals surface area (Å²) in [6, 6.07) is 9.07. The van der Waals surface area contributed by atoms with E-state index in [9.17, 15) is 4.79 Å². The molecule has 142 valence electrons. The number of hydrogen-bond acceptors (Lipinski definition) is 4. The normalized spacial score (nSPS) is 25.2. The molecule has 1 aliphatic carbocycles. The number of nitrogens with zero attached hydrogens (tertiary/aromatic N) is 2. The zero-order valence-electron chi connectivity index (χ0n) is 16.0. The smallest absolute Gasteiger partial charge is 0.223 e. The number of anilines is 2. The van der Waals surface area contributed by atoms with E-state index in [0.29, 0.717) is 11.9 Å². The lowest BCUT2D eigenvalue weighted by molar-refractivity contribution is -0.124. The van der Waals surface area contributed by atoms with Crippen molar-refractivity contribution in [1.29, 1.82) is 0 Å². The second kappa shape index (κ2) is 7.10. The topological polar surface area (TPSA) is 44.8 Å². The van der Waals surface area contributed by atoms with E-state index in [1.807, 2.05) is 0 Å². The van der Waals surface area contributed by atoms with E-state index < -0.39 is 0 Å². The van der Waals surface area contributed by atoms with Gasteiger partial charge in [0.05, 0.1) is 0 Å². The molecule has 3 fully saturated rings. The molecule has 0 radical (unpaired) electrons. The summed E-state index contributed by atoms with van der Waals surface area (Å²) >= 11 is 0. The molecular formula is C21H31N3O2. The second-order valence-electron chi connectivity index (χ2n) is 8.41. The molecule has 26 heavy (non-hydrogen) atoms. The highest BCUT2D eigenvalue weighted by molar-refractivity contribution is 5.83. The minimum atomic E-state index is 0.239. The number of hydrogen-bond donors (Lipinski definition) is 1. The van der Waals surface area contributed by atoms with E-state index in [2.05, 4.69) is 53.5 Å². The monoisotopic (exact) mass is 357 g/mol. The van der Waals surface area contributed by atoms with Crippen LogP contribution in [0.1, 0.15) is 32.1 Å². The largest absolute Gasteiger partial charge is 0.381 e. The zero-order chi connectivity index (χ0) is 18.1. The van der Waals surface area contributed by atoms with Crippen LogP contribution >= 0.6 is 0 Å². The average molecular weight is 357 g/mol. The molecule has 0 bridgehead atoms. The molecular weight excluding hydrogens is 326 g/mol. The summed E-state index contributed by atoms with van der Waals surface area (Å²) in [5.41, 5.74) is 2.78. The Bertz CT molecular complexity index is 629. The van der Waals surface area contributed by atoms with Gasteiger partial charge in [0.2, 0.25) is 5.91 Å². The first-order valence-electron chi connectivity index (χ1n) is 9.98. The van der Waals surface area contributed by atoms with Crippen molar-refractivity contribution < 1.29 is 9.53 Å². The standard InChI is InChI=1S/C21H31N3O2/c1-23(2)17-3-5-18(6-4-17)24-11-7-16(8-12-24)22-20(25)19-15-21(19)9-13-26-14-10-21/h3-6,16,19H,7-15H2,1-2H3,(H,22,25)/t19-/m0/s1. The predicted octanol–water partition coefficient (Wildman–Crippen LogP) is 2.65. The number of carbonyl (C=O) groups is 1. The first-order valence-corrected chi connectivity index (χ1v) is 9.98. The van der Waals surface area contributed by atoms with E-state index >= 15 is 0 Å². The summed E-state index contributed by atoms with van der Waals surface area (Å²) in [6.07, 6.45) is 5.26. The Balaban J connectivity index is 1.25. The molecule has 4 rings (SSSR count). The van der Waals surface area contributed by atoms with Gasteiger partial charge in [0.15, 0.2) is 0 Å². The summed E-state index contributed by atoms with van der Waals surface area (Å²) in [5.74, 6) is 0.531. The highest BCUT2D eigenvalue weighted by Gasteiger charge is 2.58. The first-order chi connectivity index (χ1) is 12.6. The lowest BCUT2D eigenvalue weighted by Crippen LogP contribution is -2.45.